The Labute approximate surface area is 168 Å². The number of carbonyl (C=O) groups is 1. The molecule has 0 aromatic heterocycles. The molecule has 0 bridgehead atoms. The van der Waals surface area contributed by atoms with Crippen LogP contribution in [-0.4, -0.2) is 23.8 Å². The Balaban J connectivity index is 1.47. The number of ketones is 1. The van der Waals surface area contributed by atoms with Gasteiger partial charge in [0.05, 0.1) is 4.91 Å². The third-order valence-corrected chi connectivity index (χ3v) is 7.77. The Hall–Kier alpha value is -1.22. The van der Waals surface area contributed by atoms with E-state index in [1.165, 1.54) is 31.4 Å². The highest BCUT2D eigenvalue weighted by Gasteiger charge is 2.39. The second-order valence-corrected chi connectivity index (χ2v) is 9.65. The summed E-state index contributed by atoms with van der Waals surface area (Å²) in [6.07, 6.45) is 19.3. The lowest BCUT2D eigenvalue weighted by Gasteiger charge is -2.32. The van der Waals surface area contributed by atoms with Gasteiger partial charge in [0.2, 0.25) is 0 Å². The van der Waals surface area contributed by atoms with Gasteiger partial charge < -0.3 is 4.90 Å². The van der Waals surface area contributed by atoms with Crippen LogP contribution in [0.5, 0.6) is 0 Å². The highest BCUT2D eigenvalue weighted by atomic mass is 32.2. The number of hydrogen-bond acceptors (Lipinski definition) is 3. The lowest BCUT2D eigenvalue weighted by Crippen LogP contribution is -2.31. The van der Waals surface area contributed by atoms with E-state index in [0.29, 0.717) is 11.8 Å². The molecule has 1 heterocycles. The van der Waals surface area contributed by atoms with Crippen molar-refractivity contribution < 1.29 is 4.79 Å². The molecule has 0 saturated heterocycles. The third kappa shape index (κ3) is 4.29. The molecule has 1 aliphatic heterocycles. The molecule has 3 atom stereocenters. The molecule has 2 nitrogen and oxygen atoms in total. The summed E-state index contributed by atoms with van der Waals surface area (Å²) in [4.78, 5) is 16.8. The molecule has 4 aliphatic rings. The molecule has 0 radical (unpaired) electrons. The van der Waals surface area contributed by atoms with Crippen molar-refractivity contribution in [3.63, 3.8) is 0 Å². The summed E-state index contributed by atoms with van der Waals surface area (Å²) >= 11 is 1.62. The fraction of sp³-hybridized carbons (Fsp3) is 0.625. The number of fused-ring (bicyclic) bond motifs is 1. The van der Waals surface area contributed by atoms with Gasteiger partial charge >= 0.3 is 0 Å². The second kappa shape index (κ2) is 8.43. The van der Waals surface area contributed by atoms with Crippen LogP contribution in [0.25, 0.3) is 0 Å². The molecule has 0 amide bonds. The maximum absolute atomic E-state index is 13.3. The molecule has 3 aliphatic carbocycles. The highest BCUT2D eigenvalue weighted by molar-refractivity contribution is 8.06. The Morgan fingerprint density at radius 3 is 2.56 bits per heavy atom. The van der Waals surface area contributed by atoms with E-state index >= 15 is 0 Å². The quantitative estimate of drug-likeness (QED) is 0.440. The van der Waals surface area contributed by atoms with E-state index in [9.17, 15) is 4.79 Å². The van der Waals surface area contributed by atoms with Crippen LogP contribution in [0.3, 0.4) is 0 Å². The zero-order valence-electron chi connectivity index (χ0n) is 16.8. The number of Topliss-reactive ketones (excluding diaryl/α,β-unsaturated/α-hetero) is 1. The minimum absolute atomic E-state index is 0.150. The molecule has 27 heavy (non-hydrogen) atoms. The van der Waals surface area contributed by atoms with Gasteiger partial charge in [0.1, 0.15) is 0 Å². The maximum atomic E-state index is 13.3. The van der Waals surface area contributed by atoms with Gasteiger partial charge in [0, 0.05) is 24.7 Å². The van der Waals surface area contributed by atoms with Crippen molar-refractivity contribution in [1.29, 1.82) is 0 Å². The molecule has 3 heteroatoms. The van der Waals surface area contributed by atoms with Gasteiger partial charge in [-0.05, 0) is 62.2 Å². The standard InChI is InChI=1S/C24H33NOS/c1-3-4-7-20(24(26)23-8-5-6-13-27-23)16-22(17-9-10-17)25(2)21-14-18-11-12-19(18)15-21/h6,8,11-13,18-21H,3-5,7,9-10,14-16H2,1-2H3. The topological polar surface area (TPSA) is 20.3 Å². The largest absolute Gasteiger partial charge is 0.375 e. The van der Waals surface area contributed by atoms with Crippen molar-refractivity contribution in [2.75, 3.05) is 7.05 Å². The van der Waals surface area contributed by atoms with E-state index in [1.807, 2.05) is 0 Å². The molecular formula is C24H33NOS. The third-order valence-electron chi connectivity index (χ3n) is 6.82. The second-order valence-electron chi connectivity index (χ2n) is 8.70. The van der Waals surface area contributed by atoms with Crippen molar-refractivity contribution in [2.24, 2.45) is 17.8 Å². The van der Waals surface area contributed by atoms with Gasteiger partial charge in [-0.15, -0.1) is 0 Å². The first kappa shape index (κ1) is 19.1. The van der Waals surface area contributed by atoms with Crippen molar-refractivity contribution >= 4 is 17.5 Å². The van der Waals surface area contributed by atoms with Crippen molar-refractivity contribution in [2.45, 2.75) is 70.8 Å². The molecule has 4 rings (SSSR count). The number of allylic oxidation sites excluding steroid dienone is 7. The average Bonchev–Trinajstić information content (AvgIpc) is 3.47. The minimum atomic E-state index is 0.150. The van der Waals surface area contributed by atoms with E-state index in [4.69, 9.17) is 0 Å². The number of hydrogen-bond donors (Lipinski definition) is 0. The lowest BCUT2D eigenvalue weighted by molar-refractivity contribution is -0.118. The number of carbonyl (C=O) groups excluding carboxylic acids is 1. The van der Waals surface area contributed by atoms with Gasteiger partial charge in [-0.2, -0.15) is 0 Å². The van der Waals surface area contributed by atoms with Gasteiger partial charge in [-0.25, -0.2) is 0 Å². The number of unbranched alkanes of at least 4 members (excludes halogenated alkanes) is 1. The van der Waals surface area contributed by atoms with Crippen LogP contribution < -0.4 is 0 Å². The van der Waals surface area contributed by atoms with E-state index in [2.05, 4.69) is 48.6 Å². The van der Waals surface area contributed by atoms with Gasteiger partial charge in [0.25, 0.3) is 0 Å². The van der Waals surface area contributed by atoms with Gasteiger partial charge in [0.15, 0.2) is 5.78 Å². The van der Waals surface area contributed by atoms with Crippen molar-refractivity contribution in [1.82, 2.24) is 4.90 Å². The monoisotopic (exact) mass is 383 g/mol. The summed E-state index contributed by atoms with van der Waals surface area (Å²) in [5, 5.41) is 2.08. The Kier molecular flexibility index (Phi) is 5.96. The molecule has 0 aromatic carbocycles. The highest BCUT2D eigenvalue weighted by Crippen LogP contribution is 2.45. The first-order valence-corrected chi connectivity index (χ1v) is 11.7. The molecule has 3 unspecified atom stereocenters. The Bertz CT molecular complexity index is 681. The van der Waals surface area contributed by atoms with E-state index in [-0.39, 0.29) is 5.92 Å². The van der Waals surface area contributed by atoms with Crippen LogP contribution in [0.4, 0.5) is 0 Å². The molecule has 2 saturated carbocycles. The summed E-state index contributed by atoms with van der Waals surface area (Å²) < 4.78 is 0. The molecule has 0 spiro atoms. The maximum Gasteiger partial charge on any atom is 0.172 e. The average molecular weight is 384 g/mol. The van der Waals surface area contributed by atoms with Crippen LogP contribution in [0.1, 0.15) is 64.7 Å². The normalized spacial score (nSPS) is 29.0. The van der Waals surface area contributed by atoms with Crippen LogP contribution >= 0.6 is 11.8 Å². The summed E-state index contributed by atoms with van der Waals surface area (Å²) in [7, 11) is 2.30. The first-order valence-electron chi connectivity index (χ1n) is 10.9. The molecule has 146 valence electrons. The zero-order chi connectivity index (χ0) is 18.8. The SMILES string of the molecule is CCCCC(CC(=C1CC1)N(C)C1CC2C=CC2C1)C(=O)C1=CCC=CS1. The Morgan fingerprint density at radius 2 is 2.00 bits per heavy atom. The lowest BCUT2D eigenvalue weighted by atomic mass is 9.86. The summed E-state index contributed by atoms with van der Waals surface area (Å²) in [5.41, 5.74) is 3.12. The van der Waals surface area contributed by atoms with E-state index in [1.54, 1.807) is 17.3 Å². The van der Waals surface area contributed by atoms with Crippen molar-refractivity contribution in [3.05, 3.63) is 45.9 Å². The smallest absolute Gasteiger partial charge is 0.172 e. The van der Waals surface area contributed by atoms with Crippen LogP contribution in [0.15, 0.2) is 45.9 Å². The molecule has 0 aromatic rings. The molecular weight excluding hydrogens is 350 g/mol. The minimum Gasteiger partial charge on any atom is -0.375 e. The predicted molar refractivity (Wildman–Crippen MR) is 115 cm³/mol. The summed E-state index contributed by atoms with van der Waals surface area (Å²) in [6.45, 7) is 2.23. The fourth-order valence-electron chi connectivity index (χ4n) is 4.85. The van der Waals surface area contributed by atoms with Crippen LogP contribution in [0, 0.1) is 17.8 Å². The Morgan fingerprint density at radius 1 is 1.26 bits per heavy atom. The van der Waals surface area contributed by atoms with Crippen LogP contribution in [0.2, 0.25) is 0 Å². The van der Waals surface area contributed by atoms with Gasteiger partial charge in [-0.3, -0.25) is 4.79 Å². The molecule has 2 fully saturated rings. The van der Waals surface area contributed by atoms with Crippen molar-refractivity contribution in [3.8, 4) is 0 Å². The first-order chi connectivity index (χ1) is 13.2. The van der Waals surface area contributed by atoms with Gasteiger partial charge in [-0.1, -0.05) is 61.4 Å². The number of rotatable bonds is 9. The summed E-state index contributed by atoms with van der Waals surface area (Å²) in [6, 6.07) is 0.659. The van der Waals surface area contributed by atoms with E-state index < -0.39 is 0 Å². The molecule has 0 N–H and O–H groups in total. The predicted octanol–water partition coefficient (Wildman–Crippen LogP) is 6.23. The summed E-state index contributed by atoms with van der Waals surface area (Å²) in [5.74, 6) is 2.17. The fourth-order valence-corrected chi connectivity index (χ4v) is 5.68. The zero-order valence-corrected chi connectivity index (χ0v) is 17.6. The van der Waals surface area contributed by atoms with Crippen LogP contribution in [-0.2, 0) is 4.79 Å². The van der Waals surface area contributed by atoms with E-state index in [0.717, 1.165) is 48.8 Å². The number of nitrogens with zero attached hydrogens (tertiary/aromatic N) is 1. The number of thioether (sulfide) groups is 1.